The van der Waals surface area contributed by atoms with Crippen molar-refractivity contribution >= 4 is 11.9 Å². The highest BCUT2D eigenvalue weighted by Gasteiger charge is 2.20. The summed E-state index contributed by atoms with van der Waals surface area (Å²) in [4.78, 5) is 23.2. The summed E-state index contributed by atoms with van der Waals surface area (Å²) in [6.45, 7) is 3.29. The van der Waals surface area contributed by atoms with Crippen molar-refractivity contribution in [2.75, 3.05) is 13.2 Å². The lowest BCUT2D eigenvalue weighted by Crippen LogP contribution is -2.40. The van der Waals surface area contributed by atoms with E-state index in [0.29, 0.717) is 37.4 Å². The van der Waals surface area contributed by atoms with Crippen LogP contribution >= 0.6 is 0 Å². The third-order valence-electron chi connectivity index (χ3n) is 3.77. The average Bonchev–Trinajstić information content (AvgIpc) is 2.56. The normalized spacial score (nSPS) is 16.6. The Morgan fingerprint density at radius 1 is 1.30 bits per heavy atom. The van der Waals surface area contributed by atoms with Crippen molar-refractivity contribution in [2.45, 2.75) is 44.8 Å². The Morgan fingerprint density at radius 2 is 1.96 bits per heavy atom. The van der Waals surface area contributed by atoms with Gasteiger partial charge in [0, 0.05) is 18.4 Å². The summed E-state index contributed by atoms with van der Waals surface area (Å²) in [6.07, 6.45) is 2.96. The van der Waals surface area contributed by atoms with Crippen molar-refractivity contribution in [1.29, 1.82) is 0 Å². The first kappa shape index (κ1) is 17.3. The van der Waals surface area contributed by atoms with E-state index in [1.807, 2.05) is 6.92 Å². The van der Waals surface area contributed by atoms with Gasteiger partial charge in [-0.25, -0.2) is 4.79 Å². The minimum atomic E-state index is -1.01. The molecule has 126 valence electrons. The van der Waals surface area contributed by atoms with E-state index < -0.39 is 12.0 Å². The lowest BCUT2D eigenvalue weighted by molar-refractivity contribution is -0.139. The molecular weight excluding hydrogens is 298 g/mol. The number of carbonyl (C=O) groups is 2. The number of amides is 1. The van der Waals surface area contributed by atoms with Crippen LogP contribution in [-0.2, 0) is 9.53 Å². The van der Waals surface area contributed by atoms with Crippen LogP contribution in [0.4, 0.5) is 0 Å². The highest BCUT2D eigenvalue weighted by molar-refractivity contribution is 5.96. The molecule has 0 aliphatic carbocycles. The summed E-state index contributed by atoms with van der Waals surface area (Å²) in [5.41, 5.74) is 0.423. The number of benzene rings is 1. The molecule has 1 aromatic carbocycles. The van der Waals surface area contributed by atoms with Crippen molar-refractivity contribution in [3.8, 4) is 5.75 Å². The van der Waals surface area contributed by atoms with E-state index >= 15 is 0 Å². The maximum absolute atomic E-state index is 12.1. The van der Waals surface area contributed by atoms with Gasteiger partial charge in [0.15, 0.2) is 0 Å². The smallest absolute Gasteiger partial charge is 0.326 e. The molecular formula is C17H23NO5. The van der Waals surface area contributed by atoms with Gasteiger partial charge in [-0.1, -0.05) is 13.3 Å². The van der Waals surface area contributed by atoms with Crippen LogP contribution in [0.2, 0.25) is 0 Å². The van der Waals surface area contributed by atoms with E-state index in [1.165, 1.54) is 0 Å². The van der Waals surface area contributed by atoms with Crippen molar-refractivity contribution in [3.63, 3.8) is 0 Å². The molecule has 1 aromatic rings. The van der Waals surface area contributed by atoms with Crippen LogP contribution in [0.1, 0.15) is 43.0 Å². The largest absolute Gasteiger partial charge is 0.490 e. The summed E-state index contributed by atoms with van der Waals surface area (Å²) >= 11 is 0. The van der Waals surface area contributed by atoms with Crippen LogP contribution in [0.15, 0.2) is 24.3 Å². The molecule has 1 unspecified atom stereocenters. The molecule has 1 heterocycles. The zero-order valence-electron chi connectivity index (χ0n) is 13.3. The van der Waals surface area contributed by atoms with Gasteiger partial charge in [0.05, 0.1) is 13.2 Å². The molecule has 23 heavy (non-hydrogen) atoms. The van der Waals surface area contributed by atoms with Crippen molar-refractivity contribution in [2.24, 2.45) is 0 Å². The van der Waals surface area contributed by atoms with Gasteiger partial charge >= 0.3 is 5.97 Å². The third kappa shape index (κ3) is 5.25. The summed E-state index contributed by atoms with van der Waals surface area (Å²) in [5, 5.41) is 11.6. The topological polar surface area (TPSA) is 84.9 Å². The molecule has 6 heteroatoms. The predicted octanol–water partition coefficient (Wildman–Crippen LogP) is 2.23. The number of rotatable bonds is 7. The van der Waals surface area contributed by atoms with Crippen LogP contribution in [0.5, 0.6) is 5.75 Å². The summed E-state index contributed by atoms with van der Waals surface area (Å²) in [5.74, 6) is -0.695. The zero-order chi connectivity index (χ0) is 16.7. The summed E-state index contributed by atoms with van der Waals surface area (Å²) in [7, 11) is 0. The molecule has 1 aliphatic rings. The van der Waals surface area contributed by atoms with Crippen molar-refractivity contribution in [3.05, 3.63) is 29.8 Å². The number of nitrogens with one attached hydrogen (secondary N) is 1. The van der Waals surface area contributed by atoms with E-state index in [-0.39, 0.29) is 12.0 Å². The van der Waals surface area contributed by atoms with Gasteiger partial charge in [-0.15, -0.1) is 0 Å². The molecule has 0 aromatic heterocycles. The molecule has 1 saturated heterocycles. The highest BCUT2D eigenvalue weighted by atomic mass is 16.5. The molecule has 2 N–H and O–H groups in total. The van der Waals surface area contributed by atoms with E-state index in [2.05, 4.69) is 5.32 Å². The first-order valence-electron chi connectivity index (χ1n) is 7.98. The zero-order valence-corrected chi connectivity index (χ0v) is 13.3. The first-order valence-corrected chi connectivity index (χ1v) is 7.98. The van der Waals surface area contributed by atoms with Crippen LogP contribution in [-0.4, -0.2) is 42.3 Å². The van der Waals surface area contributed by atoms with E-state index in [0.717, 1.165) is 12.8 Å². The second-order valence-corrected chi connectivity index (χ2v) is 5.61. The molecule has 1 atom stereocenters. The number of carboxylic acids is 1. The lowest BCUT2D eigenvalue weighted by atomic mass is 10.1. The van der Waals surface area contributed by atoms with Crippen LogP contribution in [0.3, 0.4) is 0 Å². The van der Waals surface area contributed by atoms with Gasteiger partial charge in [0.1, 0.15) is 17.9 Å². The van der Waals surface area contributed by atoms with Gasteiger partial charge in [-0.2, -0.15) is 0 Å². The Labute approximate surface area is 135 Å². The van der Waals surface area contributed by atoms with E-state index in [4.69, 9.17) is 14.6 Å². The number of hydrogen-bond acceptors (Lipinski definition) is 4. The number of carbonyl (C=O) groups excluding carboxylic acids is 1. The standard InChI is InChI=1S/C17H23NO5/c1-2-3-15(17(20)21)18-16(19)12-4-6-13(7-5-12)23-14-8-10-22-11-9-14/h4-7,14-15H,2-3,8-11H2,1H3,(H,18,19)(H,20,21). The Balaban J connectivity index is 1.92. The lowest BCUT2D eigenvalue weighted by Gasteiger charge is -2.23. The average molecular weight is 321 g/mol. The molecule has 2 rings (SSSR count). The third-order valence-corrected chi connectivity index (χ3v) is 3.77. The Morgan fingerprint density at radius 3 is 2.52 bits per heavy atom. The van der Waals surface area contributed by atoms with Crippen molar-refractivity contribution < 1.29 is 24.2 Å². The number of hydrogen-bond donors (Lipinski definition) is 2. The van der Waals surface area contributed by atoms with Crippen LogP contribution in [0, 0.1) is 0 Å². The Kier molecular flexibility index (Phi) is 6.40. The minimum Gasteiger partial charge on any atom is -0.490 e. The van der Waals surface area contributed by atoms with Crippen LogP contribution < -0.4 is 10.1 Å². The fourth-order valence-corrected chi connectivity index (χ4v) is 2.46. The molecule has 0 spiro atoms. The summed E-state index contributed by atoms with van der Waals surface area (Å²) in [6, 6.07) is 5.91. The molecule has 6 nitrogen and oxygen atoms in total. The Bertz CT molecular complexity index is 522. The molecule has 1 amide bonds. The van der Waals surface area contributed by atoms with Gasteiger partial charge in [-0.3, -0.25) is 4.79 Å². The second kappa shape index (κ2) is 8.53. The Hall–Kier alpha value is -2.08. The molecule has 1 aliphatic heterocycles. The monoisotopic (exact) mass is 321 g/mol. The van der Waals surface area contributed by atoms with Gasteiger partial charge in [-0.05, 0) is 30.7 Å². The number of aliphatic carboxylic acids is 1. The van der Waals surface area contributed by atoms with E-state index in [9.17, 15) is 9.59 Å². The maximum atomic E-state index is 12.1. The summed E-state index contributed by atoms with van der Waals surface area (Å²) < 4.78 is 11.1. The van der Waals surface area contributed by atoms with Crippen LogP contribution in [0.25, 0.3) is 0 Å². The predicted molar refractivity (Wildman–Crippen MR) is 84.7 cm³/mol. The first-order chi connectivity index (χ1) is 11.1. The van der Waals surface area contributed by atoms with Gasteiger partial charge in [0.2, 0.25) is 0 Å². The second-order valence-electron chi connectivity index (χ2n) is 5.61. The number of carboxylic acid groups (broad SMARTS) is 1. The molecule has 0 bridgehead atoms. The SMILES string of the molecule is CCCC(NC(=O)c1ccc(OC2CCOCC2)cc1)C(=O)O. The van der Waals surface area contributed by atoms with E-state index in [1.54, 1.807) is 24.3 Å². The van der Waals surface area contributed by atoms with Gasteiger partial charge < -0.3 is 19.9 Å². The van der Waals surface area contributed by atoms with Gasteiger partial charge in [0.25, 0.3) is 5.91 Å². The molecule has 0 radical (unpaired) electrons. The fraction of sp³-hybridized carbons (Fsp3) is 0.529. The molecule has 0 saturated carbocycles. The quantitative estimate of drug-likeness (QED) is 0.804. The highest BCUT2D eigenvalue weighted by Crippen LogP contribution is 2.18. The fourth-order valence-electron chi connectivity index (χ4n) is 2.46. The molecule has 1 fully saturated rings. The maximum Gasteiger partial charge on any atom is 0.326 e. The minimum absolute atomic E-state index is 0.143. The number of ether oxygens (including phenoxy) is 2. The van der Waals surface area contributed by atoms with Crippen molar-refractivity contribution in [1.82, 2.24) is 5.32 Å².